The van der Waals surface area contributed by atoms with Crippen molar-refractivity contribution in [2.24, 2.45) is 17.8 Å². The first-order valence-corrected chi connectivity index (χ1v) is 17.9. The average molecular weight is 680 g/mol. The van der Waals surface area contributed by atoms with Gasteiger partial charge in [0.05, 0.1) is 11.6 Å². The fraction of sp³-hybridized carbons (Fsp3) is 0.697. The van der Waals surface area contributed by atoms with Crippen molar-refractivity contribution in [3.05, 3.63) is 35.3 Å². The maximum Gasteiger partial charge on any atom is 0.252 e. The summed E-state index contributed by atoms with van der Waals surface area (Å²) < 4.78 is 0.568. The molecule has 0 aliphatic carbocycles. The zero-order valence-electron chi connectivity index (χ0n) is 29.5. The van der Waals surface area contributed by atoms with Crippen LogP contribution in [0.5, 0.6) is 0 Å². The number of rotatable bonds is 21. The highest BCUT2D eigenvalue weighted by atomic mass is 32.2. The topological polar surface area (TPSA) is 184 Å². The third kappa shape index (κ3) is 14.9. The predicted molar refractivity (Wildman–Crippen MR) is 185 cm³/mol. The van der Waals surface area contributed by atoms with Crippen molar-refractivity contribution in [2.75, 3.05) is 25.1 Å². The molecule has 5 amide bonds. The van der Waals surface area contributed by atoms with Gasteiger partial charge in [0.2, 0.25) is 23.6 Å². The lowest BCUT2D eigenvalue weighted by Gasteiger charge is -2.29. The van der Waals surface area contributed by atoms with E-state index in [0.717, 1.165) is 0 Å². The Hall–Kier alpha value is -3.39. The minimum atomic E-state index is -0.904. The fourth-order valence-electron chi connectivity index (χ4n) is 4.83. The van der Waals surface area contributed by atoms with Crippen LogP contribution in [0.4, 0.5) is 0 Å². The molecule has 1 aromatic rings. The summed E-state index contributed by atoms with van der Waals surface area (Å²) in [6.07, 6.45) is 5.93. The molecule has 0 bridgehead atoms. The number of amides is 5. The third-order valence-corrected chi connectivity index (χ3v) is 8.50. The molecule has 1 aromatic heterocycles. The maximum atomic E-state index is 13.6. The minimum absolute atomic E-state index is 0.100. The Bertz CT molecular complexity index is 1150. The molecule has 0 saturated heterocycles. The van der Waals surface area contributed by atoms with Gasteiger partial charge in [0.15, 0.2) is 12.4 Å². The SMILES string of the molecule is CCNC(=O)[C@@H](NC(=O)[C@H](C)NC[C@H](CC(C)C)NC(=O)[C@H](CCSC)NC(=O)[C@@H](NC(=O)c1cc[n+]([O-])cc1)[C@@H](C)CC)C(C)C. The Balaban J connectivity index is 3.02. The number of aromatic nitrogens is 1. The van der Waals surface area contributed by atoms with Crippen LogP contribution in [0.1, 0.15) is 85.0 Å². The van der Waals surface area contributed by atoms with E-state index in [1.165, 1.54) is 24.5 Å². The zero-order valence-corrected chi connectivity index (χ0v) is 30.3. The predicted octanol–water partition coefficient (Wildman–Crippen LogP) is 1.49. The molecule has 266 valence electrons. The van der Waals surface area contributed by atoms with Gasteiger partial charge in [0, 0.05) is 31.3 Å². The number of hydrogen-bond donors (Lipinski definition) is 6. The quantitative estimate of drug-likeness (QED) is 0.0834. The number of likely N-dealkylation sites (N-methyl/N-ethyl adjacent to an activating group) is 1. The van der Waals surface area contributed by atoms with E-state index in [1.54, 1.807) is 18.7 Å². The highest BCUT2D eigenvalue weighted by Crippen LogP contribution is 2.12. The summed E-state index contributed by atoms with van der Waals surface area (Å²) >= 11 is 1.55. The molecule has 0 saturated carbocycles. The number of carbonyl (C=O) groups is 5. The molecular formula is C33H57N7O6S. The van der Waals surface area contributed by atoms with Crippen molar-refractivity contribution in [1.29, 1.82) is 0 Å². The molecule has 47 heavy (non-hydrogen) atoms. The molecule has 0 spiro atoms. The molecule has 14 heteroatoms. The van der Waals surface area contributed by atoms with Crippen LogP contribution >= 0.6 is 11.8 Å². The smallest absolute Gasteiger partial charge is 0.252 e. The van der Waals surface area contributed by atoms with E-state index < -0.39 is 36.0 Å². The van der Waals surface area contributed by atoms with Gasteiger partial charge in [0.25, 0.3) is 5.91 Å². The van der Waals surface area contributed by atoms with Crippen molar-refractivity contribution in [3.63, 3.8) is 0 Å². The standard InChI is InChI=1S/C33H57N7O6S/c1-10-22(7)28(39-30(42)24-12-15-40(46)16-13-24)33(45)37-26(14-17-47-9)31(43)36-25(18-20(3)4)19-35-23(8)29(41)38-27(21(5)6)32(44)34-11-2/h12-13,15-16,20-23,25-28,35H,10-11,14,17-19H2,1-9H3,(H,34,44)(H,36,43)(H,37,45)(H,38,41)(H,39,42)/t22-,23-,25-,26-,27-,28-/m0/s1. The normalized spacial score (nSPS) is 15.1. The molecule has 0 aliphatic heterocycles. The largest absolute Gasteiger partial charge is 0.619 e. The van der Waals surface area contributed by atoms with Gasteiger partial charge in [-0.25, -0.2) is 0 Å². The van der Waals surface area contributed by atoms with Crippen LogP contribution < -0.4 is 36.6 Å². The molecule has 6 atom stereocenters. The van der Waals surface area contributed by atoms with E-state index >= 15 is 0 Å². The molecule has 0 fully saturated rings. The van der Waals surface area contributed by atoms with Crippen molar-refractivity contribution >= 4 is 41.3 Å². The van der Waals surface area contributed by atoms with Crippen LogP contribution in [0.2, 0.25) is 0 Å². The summed E-state index contributed by atoms with van der Waals surface area (Å²) in [4.78, 5) is 65.5. The Kier molecular flexibility index (Phi) is 19.0. The van der Waals surface area contributed by atoms with Gasteiger partial charge < -0.3 is 37.1 Å². The molecule has 1 rings (SSSR count). The Morgan fingerprint density at radius 3 is 2.00 bits per heavy atom. The van der Waals surface area contributed by atoms with Crippen molar-refractivity contribution < 1.29 is 28.7 Å². The lowest BCUT2D eigenvalue weighted by Crippen LogP contribution is -2.58. The zero-order chi connectivity index (χ0) is 35.7. The number of thioether (sulfide) groups is 1. The van der Waals surface area contributed by atoms with Crippen LogP contribution in [-0.2, 0) is 19.2 Å². The third-order valence-electron chi connectivity index (χ3n) is 7.85. The van der Waals surface area contributed by atoms with E-state index in [1.807, 2.05) is 54.7 Å². The van der Waals surface area contributed by atoms with Gasteiger partial charge in [-0.1, -0.05) is 48.0 Å². The highest BCUT2D eigenvalue weighted by molar-refractivity contribution is 7.98. The van der Waals surface area contributed by atoms with E-state index in [9.17, 15) is 29.2 Å². The first kappa shape index (κ1) is 41.6. The summed E-state index contributed by atoms with van der Waals surface area (Å²) in [6.45, 7) is 15.8. The second kappa shape index (κ2) is 21.5. The van der Waals surface area contributed by atoms with E-state index in [4.69, 9.17) is 0 Å². The molecule has 0 unspecified atom stereocenters. The van der Waals surface area contributed by atoms with E-state index in [-0.39, 0.29) is 47.1 Å². The van der Waals surface area contributed by atoms with Crippen molar-refractivity contribution in [3.8, 4) is 0 Å². The van der Waals surface area contributed by atoms with Gasteiger partial charge >= 0.3 is 0 Å². The number of nitrogens with one attached hydrogen (secondary N) is 6. The summed E-state index contributed by atoms with van der Waals surface area (Å²) in [5.41, 5.74) is 0.241. The van der Waals surface area contributed by atoms with E-state index in [2.05, 4.69) is 31.9 Å². The van der Waals surface area contributed by atoms with Gasteiger partial charge in [0.1, 0.15) is 18.1 Å². The number of hydrogen-bond acceptors (Lipinski definition) is 8. The number of nitrogens with zero attached hydrogens (tertiary/aromatic N) is 1. The molecule has 13 nitrogen and oxygen atoms in total. The van der Waals surface area contributed by atoms with Crippen LogP contribution in [0.15, 0.2) is 24.5 Å². The maximum absolute atomic E-state index is 13.6. The molecule has 0 radical (unpaired) electrons. The molecule has 0 aliphatic rings. The van der Waals surface area contributed by atoms with Crippen LogP contribution in [-0.4, -0.2) is 84.8 Å². The Morgan fingerprint density at radius 1 is 0.830 bits per heavy atom. The van der Waals surface area contributed by atoms with Gasteiger partial charge in [-0.05, 0) is 56.5 Å². The molecular weight excluding hydrogens is 622 g/mol. The Morgan fingerprint density at radius 2 is 1.47 bits per heavy atom. The second-order valence-electron chi connectivity index (χ2n) is 12.7. The summed E-state index contributed by atoms with van der Waals surface area (Å²) in [5.74, 6) is -1.37. The number of carbonyl (C=O) groups excluding carboxylic acids is 5. The first-order chi connectivity index (χ1) is 22.1. The van der Waals surface area contributed by atoms with Gasteiger partial charge in [-0.2, -0.15) is 16.5 Å². The molecule has 0 aromatic carbocycles. The van der Waals surface area contributed by atoms with Gasteiger partial charge in [-0.3, -0.25) is 24.0 Å². The van der Waals surface area contributed by atoms with E-state index in [0.29, 0.717) is 42.8 Å². The number of pyridine rings is 1. The highest BCUT2D eigenvalue weighted by Gasteiger charge is 2.31. The summed E-state index contributed by atoms with van der Waals surface area (Å²) in [6, 6.07) is -0.647. The van der Waals surface area contributed by atoms with Gasteiger partial charge in [-0.15, -0.1) is 0 Å². The fourth-order valence-corrected chi connectivity index (χ4v) is 5.30. The monoisotopic (exact) mass is 679 g/mol. The van der Waals surface area contributed by atoms with Crippen molar-refractivity contribution in [2.45, 2.75) is 105 Å². The lowest BCUT2D eigenvalue weighted by molar-refractivity contribution is -0.605. The molecule has 1 heterocycles. The average Bonchev–Trinajstić information content (AvgIpc) is 3.02. The molecule has 6 N–H and O–H groups in total. The Labute approximate surface area is 284 Å². The second-order valence-corrected chi connectivity index (χ2v) is 13.7. The van der Waals surface area contributed by atoms with Crippen LogP contribution in [0.25, 0.3) is 0 Å². The van der Waals surface area contributed by atoms with Crippen molar-refractivity contribution in [1.82, 2.24) is 31.9 Å². The van der Waals surface area contributed by atoms with Crippen LogP contribution in [0.3, 0.4) is 0 Å². The minimum Gasteiger partial charge on any atom is -0.619 e. The van der Waals surface area contributed by atoms with Crippen LogP contribution in [0, 0.1) is 23.0 Å². The summed E-state index contributed by atoms with van der Waals surface area (Å²) in [7, 11) is 0. The summed E-state index contributed by atoms with van der Waals surface area (Å²) in [5, 5.41) is 28.9. The lowest BCUT2D eigenvalue weighted by atomic mass is 9.97. The first-order valence-electron chi connectivity index (χ1n) is 16.6.